The van der Waals surface area contributed by atoms with Crippen molar-refractivity contribution in [2.75, 3.05) is 19.6 Å². The molecule has 0 spiro atoms. The number of benzene rings is 2. The Morgan fingerprint density at radius 3 is 2.42 bits per heavy atom. The first-order chi connectivity index (χ1) is 12.6. The van der Waals surface area contributed by atoms with E-state index in [1.165, 1.54) is 0 Å². The maximum atomic E-state index is 12.5. The molecule has 2 amide bonds. The number of halogens is 1. The normalized spacial score (nSPS) is 19.1. The van der Waals surface area contributed by atoms with E-state index in [4.69, 9.17) is 11.6 Å². The molecule has 2 atom stereocenters. The molecule has 1 saturated heterocycles. The van der Waals surface area contributed by atoms with Crippen molar-refractivity contribution >= 4 is 23.4 Å². The SMILES string of the molecule is O=C(NCCNC(=O)C1CNNC1c1ccccc1)c1ccc(Cl)cc1. The number of hydrogen-bond donors (Lipinski definition) is 4. The first-order valence-corrected chi connectivity index (χ1v) is 8.88. The minimum absolute atomic E-state index is 0.0444. The fraction of sp³-hybridized carbons (Fsp3) is 0.263. The van der Waals surface area contributed by atoms with Crippen molar-refractivity contribution in [2.45, 2.75) is 6.04 Å². The Kier molecular flexibility index (Phi) is 6.22. The maximum Gasteiger partial charge on any atom is 0.251 e. The molecule has 2 unspecified atom stereocenters. The van der Waals surface area contributed by atoms with Gasteiger partial charge in [0.15, 0.2) is 0 Å². The standard InChI is InChI=1S/C19H21ClN4O2/c20-15-8-6-14(7-9-15)18(25)21-10-11-22-19(26)16-12-23-24-17(16)13-4-2-1-3-5-13/h1-9,16-17,23-24H,10-12H2,(H,21,25)(H,22,26). The van der Waals surface area contributed by atoms with Crippen LogP contribution in [0.2, 0.25) is 5.02 Å². The summed E-state index contributed by atoms with van der Waals surface area (Å²) in [6.45, 7) is 1.29. The quantitative estimate of drug-likeness (QED) is 0.581. The van der Waals surface area contributed by atoms with Gasteiger partial charge in [0.25, 0.3) is 5.91 Å². The Hall–Kier alpha value is -2.41. The average Bonchev–Trinajstić information content (AvgIpc) is 3.16. The first-order valence-electron chi connectivity index (χ1n) is 8.50. The van der Waals surface area contributed by atoms with Gasteiger partial charge in [0, 0.05) is 30.2 Å². The minimum Gasteiger partial charge on any atom is -0.354 e. The van der Waals surface area contributed by atoms with Gasteiger partial charge in [0.05, 0.1) is 12.0 Å². The van der Waals surface area contributed by atoms with Crippen LogP contribution in [0.15, 0.2) is 54.6 Å². The second kappa shape index (κ2) is 8.80. The van der Waals surface area contributed by atoms with Crippen LogP contribution in [0.1, 0.15) is 22.0 Å². The summed E-state index contributed by atoms with van der Waals surface area (Å²) in [6, 6.07) is 16.4. The van der Waals surface area contributed by atoms with Crippen molar-refractivity contribution < 1.29 is 9.59 Å². The number of amides is 2. The average molecular weight is 373 g/mol. The van der Waals surface area contributed by atoms with Crippen molar-refractivity contribution in [1.82, 2.24) is 21.5 Å². The number of carbonyl (C=O) groups excluding carboxylic acids is 2. The highest BCUT2D eigenvalue weighted by molar-refractivity contribution is 6.30. The third kappa shape index (κ3) is 4.60. The van der Waals surface area contributed by atoms with Gasteiger partial charge in [-0.15, -0.1) is 0 Å². The lowest BCUT2D eigenvalue weighted by molar-refractivity contribution is -0.124. The Labute approximate surface area is 157 Å². The van der Waals surface area contributed by atoms with Crippen molar-refractivity contribution in [3.05, 3.63) is 70.7 Å². The van der Waals surface area contributed by atoms with E-state index in [2.05, 4.69) is 21.5 Å². The summed E-state index contributed by atoms with van der Waals surface area (Å²) in [4.78, 5) is 24.5. The molecule has 0 aromatic heterocycles. The summed E-state index contributed by atoms with van der Waals surface area (Å²) in [5, 5.41) is 6.25. The van der Waals surface area contributed by atoms with Gasteiger partial charge in [0.2, 0.25) is 5.91 Å². The molecule has 4 N–H and O–H groups in total. The van der Waals surface area contributed by atoms with Crippen molar-refractivity contribution in [3.8, 4) is 0 Å². The monoisotopic (exact) mass is 372 g/mol. The molecule has 6 nitrogen and oxygen atoms in total. The number of hydrogen-bond acceptors (Lipinski definition) is 4. The molecule has 1 fully saturated rings. The molecule has 136 valence electrons. The second-order valence-electron chi connectivity index (χ2n) is 6.07. The van der Waals surface area contributed by atoms with Gasteiger partial charge in [-0.2, -0.15) is 0 Å². The smallest absolute Gasteiger partial charge is 0.251 e. The van der Waals surface area contributed by atoms with E-state index in [1.54, 1.807) is 24.3 Å². The van der Waals surface area contributed by atoms with Gasteiger partial charge in [-0.3, -0.25) is 15.0 Å². The molecular formula is C19H21ClN4O2. The number of nitrogens with one attached hydrogen (secondary N) is 4. The van der Waals surface area contributed by atoms with Crippen LogP contribution in [0, 0.1) is 5.92 Å². The molecule has 26 heavy (non-hydrogen) atoms. The van der Waals surface area contributed by atoms with Crippen LogP contribution >= 0.6 is 11.6 Å². The molecule has 0 aliphatic carbocycles. The van der Waals surface area contributed by atoms with Crippen LogP contribution in [0.4, 0.5) is 0 Å². The van der Waals surface area contributed by atoms with E-state index < -0.39 is 0 Å². The number of carbonyl (C=O) groups is 2. The van der Waals surface area contributed by atoms with E-state index in [0.717, 1.165) is 5.56 Å². The van der Waals surface area contributed by atoms with Crippen LogP contribution in [0.25, 0.3) is 0 Å². The molecule has 0 bridgehead atoms. The summed E-state index contributed by atoms with van der Waals surface area (Å²) >= 11 is 5.81. The largest absolute Gasteiger partial charge is 0.354 e. The third-order valence-electron chi connectivity index (χ3n) is 4.29. The molecular weight excluding hydrogens is 352 g/mol. The molecule has 3 rings (SSSR count). The van der Waals surface area contributed by atoms with E-state index >= 15 is 0 Å². The number of hydrazine groups is 1. The Morgan fingerprint density at radius 1 is 1.00 bits per heavy atom. The van der Waals surface area contributed by atoms with Crippen LogP contribution < -0.4 is 21.5 Å². The van der Waals surface area contributed by atoms with Gasteiger partial charge >= 0.3 is 0 Å². The van der Waals surface area contributed by atoms with Crippen molar-refractivity contribution in [2.24, 2.45) is 5.92 Å². The lowest BCUT2D eigenvalue weighted by atomic mass is 9.94. The number of rotatable bonds is 6. The van der Waals surface area contributed by atoms with Gasteiger partial charge < -0.3 is 10.6 Å². The van der Waals surface area contributed by atoms with E-state index in [9.17, 15) is 9.59 Å². The molecule has 0 saturated carbocycles. The summed E-state index contributed by atoms with van der Waals surface area (Å²) in [6.07, 6.45) is 0. The molecule has 2 aromatic rings. The highest BCUT2D eigenvalue weighted by atomic mass is 35.5. The summed E-state index contributed by atoms with van der Waals surface area (Å²) in [7, 11) is 0. The molecule has 1 aliphatic rings. The molecule has 2 aromatic carbocycles. The van der Waals surface area contributed by atoms with E-state index in [1.807, 2.05) is 30.3 Å². The van der Waals surface area contributed by atoms with Crippen LogP contribution in [0.5, 0.6) is 0 Å². The van der Waals surface area contributed by atoms with Crippen LogP contribution in [-0.4, -0.2) is 31.4 Å². The van der Waals surface area contributed by atoms with Crippen LogP contribution in [-0.2, 0) is 4.79 Å². The first kappa shape index (κ1) is 18.4. The van der Waals surface area contributed by atoms with Crippen molar-refractivity contribution in [1.29, 1.82) is 0 Å². The lowest BCUT2D eigenvalue weighted by Gasteiger charge is -2.18. The molecule has 1 aliphatic heterocycles. The van der Waals surface area contributed by atoms with Crippen LogP contribution in [0.3, 0.4) is 0 Å². The lowest BCUT2D eigenvalue weighted by Crippen LogP contribution is -2.39. The maximum absolute atomic E-state index is 12.5. The van der Waals surface area contributed by atoms with Gasteiger partial charge in [-0.25, -0.2) is 5.43 Å². The predicted molar refractivity (Wildman–Crippen MR) is 101 cm³/mol. The van der Waals surface area contributed by atoms with Gasteiger partial charge in [-0.05, 0) is 29.8 Å². The topological polar surface area (TPSA) is 82.3 Å². The van der Waals surface area contributed by atoms with Gasteiger partial charge in [-0.1, -0.05) is 41.9 Å². The second-order valence-corrected chi connectivity index (χ2v) is 6.51. The third-order valence-corrected chi connectivity index (χ3v) is 4.55. The summed E-state index contributed by atoms with van der Waals surface area (Å²) < 4.78 is 0. The minimum atomic E-state index is -0.204. The predicted octanol–water partition coefficient (Wildman–Crippen LogP) is 1.65. The highest BCUT2D eigenvalue weighted by Gasteiger charge is 2.33. The Morgan fingerprint density at radius 2 is 1.69 bits per heavy atom. The summed E-state index contributed by atoms with van der Waals surface area (Å²) in [5.74, 6) is -0.441. The Balaban J connectivity index is 1.45. The Bertz CT molecular complexity index is 752. The van der Waals surface area contributed by atoms with Crippen molar-refractivity contribution in [3.63, 3.8) is 0 Å². The molecule has 1 heterocycles. The van der Waals surface area contributed by atoms with Gasteiger partial charge in [0.1, 0.15) is 0 Å². The summed E-state index contributed by atoms with van der Waals surface area (Å²) in [5.41, 5.74) is 7.79. The molecule has 7 heteroatoms. The zero-order valence-corrected chi connectivity index (χ0v) is 14.9. The van der Waals surface area contributed by atoms with E-state index in [0.29, 0.717) is 30.2 Å². The highest BCUT2D eigenvalue weighted by Crippen LogP contribution is 2.24. The van der Waals surface area contributed by atoms with E-state index in [-0.39, 0.29) is 23.8 Å². The zero-order chi connectivity index (χ0) is 18.4. The fourth-order valence-electron chi connectivity index (χ4n) is 2.91. The molecule has 0 radical (unpaired) electrons. The fourth-order valence-corrected chi connectivity index (χ4v) is 3.04. The zero-order valence-electron chi connectivity index (χ0n) is 14.2.